The van der Waals surface area contributed by atoms with Gasteiger partial charge in [0.15, 0.2) is 0 Å². The lowest BCUT2D eigenvalue weighted by Crippen LogP contribution is -2.47. The largest absolute Gasteiger partial charge is 0.334 e. The van der Waals surface area contributed by atoms with Gasteiger partial charge in [0, 0.05) is 18.8 Å². The maximum Gasteiger partial charge on any atom is 0.322 e. The Bertz CT molecular complexity index is 988. The minimum absolute atomic E-state index is 0.0138. The molecule has 1 N–H and O–H groups in total. The van der Waals surface area contributed by atoms with Crippen LogP contribution in [0.2, 0.25) is 0 Å². The van der Waals surface area contributed by atoms with Crippen molar-refractivity contribution in [2.45, 2.75) is 85.1 Å². The van der Waals surface area contributed by atoms with E-state index in [-0.39, 0.29) is 36.4 Å². The van der Waals surface area contributed by atoms with Crippen LogP contribution in [-0.2, 0) is 11.2 Å². The van der Waals surface area contributed by atoms with Crippen LogP contribution in [0.4, 0.5) is 10.5 Å². The minimum Gasteiger partial charge on any atom is -0.334 e. The molecular formula is C30H43N3O2. The lowest BCUT2D eigenvalue weighted by atomic mass is 9.92. The lowest BCUT2D eigenvalue weighted by Gasteiger charge is -2.36. The minimum atomic E-state index is -0.186. The molecule has 3 rings (SSSR count). The van der Waals surface area contributed by atoms with Gasteiger partial charge in [-0.2, -0.15) is 0 Å². The normalized spacial score (nSPS) is 15.3. The molecule has 0 fully saturated rings. The van der Waals surface area contributed by atoms with E-state index in [2.05, 4.69) is 83.3 Å². The van der Waals surface area contributed by atoms with Crippen molar-refractivity contribution < 1.29 is 9.59 Å². The van der Waals surface area contributed by atoms with E-state index in [4.69, 9.17) is 0 Å². The van der Waals surface area contributed by atoms with E-state index in [1.54, 1.807) is 4.90 Å². The van der Waals surface area contributed by atoms with Crippen LogP contribution in [0.1, 0.15) is 101 Å². The molecule has 0 radical (unpaired) electrons. The number of benzene rings is 2. The molecule has 5 nitrogen and oxygen atoms in total. The first-order valence-electron chi connectivity index (χ1n) is 13.3. The maximum atomic E-state index is 13.6. The standard InChI is InChI=1S/C30H43N3O2/c1-7-8-11-18-32(20-28(34)33-19-17-24-13-9-10-14-27(24)23(33)6)30(35)31-29-25(21(2)3)15-12-16-26(29)22(4)5/h9-10,12-16,21-23H,7-8,11,17-20H2,1-6H3,(H,31,35). The fourth-order valence-corrected chi connectivity index (χ4v) is 5.05. The number of nitrogens with one attached hydrogen (secondary N) is 1. The van der Waals surface area contributed by atoms with Crippen molar-refractivity contribution in [3.63, 3.8) is 0 Å². The van der Waals surface area contributed by atoms with Crippen LogP contribution in [0.5, 0.6) is 0 Å². The fraction of sp³-hybridized carbons (Fsp3) is 0.533. The topological polar surface area (TPSA) is 52.7 Å². The number of amides is 3. The monoisotopic (exact) mass is 477 g/mol. The Labute approximate surface area is 211 Å². The summed E-state index contributed by atoms with van der Waals surface area (Å²) in [7, 11) is 0. The van der Waals surface area contributed by atoms with Crippen molar-refractivity contribution in [3.05, 3.63) is 64.7 Å². The predicted molar refractivity (Wildman–Crippen MR) is 145 cm³/mol. The zero-order chi connectivity index (χ0) is 25.5. The molecular weight excluding hydrogens is 434 g/mol. The molecule has 0 bridgehead atoms. The summed E-state index contributed by atoms with van der Waals surface area (Å²) in [6.07, 6.45) is 3.84. The molecule has 1 heterocycles. The third-order valence-electron chi connectivity index (χ3n) is 7.16. The summed E-state index contributed by atoms with van der Waals surface area (Å²) in [6, 6.07) is 14.4. The molecule has 0 saturated carbocycles. The van der Waals surface area contributed by atoms with Crippen LogP contribution >= 0.6 is 0 Å². The molecule has 2 aromatic rings. The van der Waals surface area contributed by atoms with Crippen molar-refractivity contribution in [1.82, 2.24) is 9.80 Å². The summed E-state index contributed by atoms with van der Waals surface area (Å²) in [5.74, 6) is 0.585. The first-order chi connectivity index (χ1) is 16.7. The van der Waals surface area contributed by atoms with E-state index in [1.165, 1.54) is 11.1 Å². The lowest BCUT2D eigenvalue weighted by molar-refractivity contribution is -0.134. The van der Waals surface area contributed by atoms with Crippen molar-refractivity contribution >= 4 is 17.6 Å². The predicted octanol–water partition coefficient (Wildman–Crippen LogP) is 7.10. The summed E-state index contributed by atoms with van der Waals surface area (Å²) in [4.78, 5) is 30.7. The number of para-hydroxylation sites is 1. The van der Waals surface area contributed by atoms with Gasteiger partial charge in [0.25, 0.3) is 0 Å². The van der Waals surface area contributed by atoms with Crippen molar-refractivity contribution in [2.75, 3.05) is 25.0 Å². The number of anilines is 1. The second-order valence-electron chi connectivity index (χ2n) is 10.4. The number of unbranched alkanes of at least 4 members (excludes halogenated alkanes) is 2. The second kappa shape index (κ2) is 12.2. The zero-order valence-corrected chi connectivity index (χ0v) is 22.4. The Morgan fingerprint density at radius 1 is 1.00 bits per heavy atom. The molecule has 2 aromatic carbocycles. The molecule has 0 aromatic heterocycles. The smallest absolute Gasteiger partial charge is 0.322 e. The SMILES string of the molecule is CCCCCN(CC(=O)N1CCc2ccccc2C1C)C(=O)Nc1c(C(C)C)cccc1C(C)C. The third kappa shape index (κ3) is 6.45. The van der Waals surface area contributed by atoms with Gasteiger partial charge in [-0.25, -0.2) is 4.79 Å². The summed E-state index contributed by atoms with van der Waals surface area (Å²) >= 11 is 0. The van der Waals surface area contributed by atoms with Gasteiger partial charge in [-0.1, -0.05) is 89.9 Å². The molecule has 1 atom stereocenters. The van der Waals surface area contributed by atoms with Crippen LogP contribution in [-0.4, -0.2) is 41.4 Å². The van der Waals surface area contributed by atoms with Crippen LogP contribution in [0.3, 0.4) is 0 Å². The van der Waals surface area contributed by atoms with Gasteiger partial charge in [0.05, 0.1) is 6.04 Å². The van der Waals surface area contributed by atoms with Crippen molar-refractivity contribution in [2.24, 2.45) is 0 Å². The first-order valence-corrected chi connectivity index (χ1v) is 13.3. The Balaban J connectivity index is 1.81. The van der Waals surface area contributed by atoms with Gasteiger partial charge < -0.3 is 15.1 Å². The highest BCUT2D eigenvalue weighted by Gasteiger charge is 2.29. The molecule has 3 amide bonds. The molecule has 5 heteroatoms. The third-order valence-corrected chi connectivity index (χ3v) is 7.16. The van der Waals surface area contributed by atoms with E-state index in [0.717, 1.165) is 42.5 Å². The van der Waals surface area contributed by atoms with Crippen LogP contribution in [0, 0.1) is 0 Å². The Kier molecular flexibility index (Phi) is 9.36. The van der Waals surface area contributed by atoms with Crippen molar-refractivity contribution in [3.8, 4) is 0 Å². The summed E-state index contributed by atoms with van der Waals surface area (Å²) in [5.41, 5.74) is 5.68. The number of hydrogen-bond donors (Lipinski definition) is 1. The average molecular weight is 478 g/mol. The Morgan fingerprint density at radius 2 is 1.66 bits per heavy atom. The van der Waals surface area contributed by atoms with Gasteiger partial charge in [-0.15, -0.1) is 0 Å². The van der Waals surface area contributed by atoms with Gasteiger partial charge in [0.2, 0.25) is 5.91 Å². The average Bonchev–Trinajstić information content (AvgIpc) is 2.83. The summed E-state index contributed by atoms with van der Waals surface area (Å²) < 4.78 is 0. The number of fused-ring (bicyclic) bond motifs is 1. The van der Waals surface area contributed by atoms with Gasteiger partial charge in [-0.3, -0.25) is 4.79 Å². The highest BCUT2D eigenvalue weighted by Crippen LogP contribution is 2.33. The summed E-state index contributed by atoms with van der Waals surface area (Å²) in [6.45, 7) is 14.2. The zero-order valence-electron chi connectivity index (χ0n) is 22.4. The van der Waals surface area contributed by atoms with Crippen LogP contribution in [0.15, 0.2) is 42.5 Å². The summed E-state index contributed by atoms with van der Waals surface area (Å²) in [5, 5.41) is 3.22. The Morgan fingerprint density at radius 3 is 2.29 bits per heavy atom. The van der Waals surface area contributed by atoms with Crippen LogP contribution in [0.25, 0.3) is 0 Å². The van der Waals surface area contributed by atoms with Crippen LogP contribution < -0.4 is 5.32 Å². The second-order valence-corrected chi connectivity index (χ2v) is 10.4. The number of carbonyl (C=O) groups excluding carboxylic acids is 2. The molecule has 0 spiro atoms. The molecule has 1 aliphatic rings. The number of rotatable bonds is 9. The Hall–Kier alpha value is -2.82. The first kappa shape index (κ1) is 26.8. The van der Waals surface area contributed by atoms with Crippen molar-refractivity contribution in [1.29, 1.82) is 0 Å². The van der Waals surface area contributed by atoms with E-state index >= 15 is 0 Å². The number of hydrogen-bond acceptors (Lipinski definition) is 2. The van der Waals surface area contributed by atoms with E-state index in [9.17, 15) is 9.59 Å². The molecule has 0 aliphatic carbocycles. The highest BCUT2D eigenvalue weighted by atomic mass is 16.2. The van der Waals surface area contributed by atoms with E-state index in [1.807, 2.05) is 11.0 Å². The fourth-order valence-electron chi connectivity index (χ4n) is 5.05. The molecule has 1 unspecified atom stereocenters. The van der Waals surface area contributed by atoms with E-state index in [0.29, 0.717) is 13.1 Å². The maximum absolute atomic E-state index is 13.6. The highest BCUT2D eigenvalue weighted by molar-refractivity contribution is 5.94. The van der Waals surface area contributed by atoms with Gasteiger partial charge >= 0.3 is 6.03 Å². The number of urea groups is 1. The van der Waals surface area contributed by atoms with Gasteiger partial charge in [-0.05, 0) is 53.9 Å². The van der Waals surface area contributed by atoms with E-state index < -0.39 is 0 Å². The van der Waals surface area contributed by atoms with Gasteiger partial charge in [0.1, 0.15) is 6.54 Å². The molecule has 0 saturated heterocycles. The number of nitrogens with zero attached hydrogens (tertiary/aromatic N) is 2. The molecule has 35 heavy (non-hydrogen) atoms. The molecule has 190 valence electrons. The molecule has 1 aliphatic heterocycles. The quantitative estimate of drug-likeness (QED) is 0.392. The number of carbonyl (C=O) groups is 2.